The van der Waals surface area contributed by atoms with Gasteiger partial charge in [0.1, 0.15) is 11.8 Å². The number of sulfonamides is 1. The Hall–Kier alpha value is -2.49. The Morgan fingerprint density at radius 1 is 1.14 bits per heavy atom. The molecule has 1 N–H and O–H groups in total. The van der Waals surface area contributed by atoms with Crippen molar-refractivity contribution in [3.8, 4) is 5.75 Å². The molecule has 0 saturated heterocycles. The average Bonchev–Trinajstić information content (AvgIpc) is 2.82. The summed E-state index contributed by atoms with van der Waals surface area (Å²) >= 11 is 12.3. The number of carbonyl (C=O) groups is 2. The predicted octanol–water partition coefficient (Wildman–Crippen LogP) is 4.10. The van der Waals surface area contributed by atoms with Crippen molar-refractivity contribution in [2.45, 2.75) is 38.8 Å². The Morgan fingerprint density at radius 2 is 1.86 bits per heavy atom. The third kappa shape index (κ3) is 8.02. The molecule has 0 aliphatic heterocycles. The number of anilines is 1. The summed E-state index contributed by atoms with van der Waals surface area (Å²) < 4.78 is 31.3. The van der Waals surface area contributed by atoms with Crippen molar-refractivity contribution in [3.05, 3.63) is 58.1 Å². The van der Waals surface area contributed by atoms with Gasteiger partial charge in [0.25, 0.3) is 0 Å². The third-order valence-corrected chi connectivity index (χ3v) is 7.18. The highest BCUT2D eigenvalue weighted by Gasteiger charge is 2.28. The molecule has 0 aromatic heterocycles. The van der Waals surface area contributed by atoms with Gasteiger partial charge in [0.15, 0.2) is 0 Å². The second-order valence-electron chi connectivity index (χ2n) is 7.95. The van der Waals surface area contributed by atoms with Crippen molar-refractivity contribution in [1.29, 1.82) is 0 Å². The van der Waals surface area contributed by atoms with Gasteiger partial charge in [0.05, 0.1) is 24.1 Å². The standard InChI is InChI=1S/C24H31Cl2N3O5S/c1-5-21(24(31)27-2)28(16-17-8-6-9-19(14-17)34-3)23(30)10-7-13-29(35(4,32)33)22-15-18(25)11-12-20(22)26/h6,8-9,11-12,14-15,21H,5,7,10,13,16H2,1-4H3,(H,27,31)/t21-/m0/s1. The molecule has 0 fully saturated rings. The number of nitrogens with one attached hydrogen (secondary N) is 1. The van der Waals surface area contributed by atoms with Crippen LogP contribution in [0, 0.1) is 0 Å². The largest absolute Gasteiger partial charge is 0.497 e. The number of hydrogen-bond donors (Lipinski definition) is 1. The highest BCUT2D eigenvalue weighted by Crippen LogP contribution is 2.31. The Morgan fingerprint density at radius 3 is 2.46 bits per heavy atom. The quantitative estimate of drug-likeness (QED) is 0.434. The van der Waals surface area contributed by atoms with E-state index in [2.05, 4.69) is 5.32 Å². The zero-order chi connectivity index (χ0) is 26.2. The molecule has 0 aliphatic rings. The summed E-state index contributed by atoms with van der Waals surface area (Å²) in [5.41, 5.74) is 1.06. The van der Waals surface area contributed by atoms with Gasteiger partial charge in [-0.1, -0.05) is 42.3 Å². The number of amides is 2. The van der Waals surface area contributed by atoms with Crippen LogP contribution in [0.2, 0.25) is 10.0 Å². The van der Waals surface area contributed by atoms with E-state index >= 15 is 0 Å². The molecule has 11 heteroatoms. The third-order valence-electron chi connectivity index (χ3n) is 5.45. The van der Waals surface area contributed by atoms with Gasteiger partial charge in [0, 0.05) is 31.6 Å². The van der Waals surface area contributed by atoms with Crippen molar-refractivity contribution in [1.82, 2.24) is 10.2 Å². The monoisotopic (exact) mass is 543 g/mol. The Labute approximate surface area is 217 Å². The van der Waals surface area contributed by atoms with Crippen molar-refractivity contribution in [2.75, 3.05) is 31.3 Å². The van der Waals surface area contributed by atoms with Gasteiger partial charge in [-0.2, -0.15) is 0 Å². The number of hydrogen-bond acceptors (Lipinski definition) is 5. The molecule has 35 heavy (non-hydrogen) atoms. The number of halogens is 2. The minimum absolute atomic E-state index is 0.0222. The molecule has 0 heterocycles. The molecule has 0 saturated carbocycles. The summed E-state index contributed by atoms with van der Waals surface area (Å²) in [6.07, 6.45) is 1.73. The molecule has 2 amide bonds. The van der Waals surface area contributed by atoms with Gasteiger partial charge >= 0.3 is 0 Å². The van der Waals surface area contributed by atoms with Crippen molar-refractivity contribution in [3.63, 3.8) is 0 Å². The Balaban J connectivity index is 2.24. The lowest BCUT2D eigenvalue weighted by Gasteiger charge is -2.31. The smallest absolute Gasteiger partial charge is 0.242 e. The van der Waals surface area contributed by atoms with E-state index in [-0.39, 0.29) is 48.5 Å². The van der Waals surface area contributed by atoms with Gasteiger partial charge < -0.3 is 15.0 Å². The zero-order valence-electron chi connectivity index (χ0n) is 20.3. The maximum absolute atomic E-state index is 13.3. The van der Waals surface area contributed by atoms with Crippen LogP contribution in [-0.4, -0.2) is 58.1 Å². The molecule has 0 bridgehead atoms. The van der Waals surface area contributed by atoms with Crippen LogP contribution >= 0.6 is 23.2 Å². The van der Waals surface area contributed by atoms with E-state index in [1.807, 2.05) is 25.1 Å². The number of likely N-dealkylation sites (N-methyl/N-ethyl adjacent to an activating group) is 1. The lowest BCUT2D eigenvalue weighted by atomic mass is 10.1. The van der Waals surface area contributed by atoms with Crippen molar-refractivity contribution >= 4 is 50.7 Å². The van der Waals surface area contributed by atoms with Crippen molar-refractivity contribution in [2.24, 2.45) is 0 Å². The molecular weight excluding hydrogens is 513 g/mol. The van der Waals surface area contributed by atoms with Gasteiger partial charge in [0.2, 0.25) is 21.8 Å². The minimum atomic E-state index is -3.68. The molecule has 0 aliphatic carbocycles. The van der Waals surface area contributed by atoms with E-state index in [9.17, 15) is 18.0 Å². The summed E-state index contributed by atoms with van der Waals surface area (Å²) in [6.45, 7) is 2.06. The molecule has 2 aromatic rings. The van der Waals surface area contributed by atoms with Crippen LogP contribution in [0.15, 0.2) is 42.5 Å². The van der Waals surface area contributed by atoms with E-state index < -0.39 is 16.1 Å². The normalized spacial score (nSPS) is 12.1. The zero-order valence-corrected chi connectivity index (χ0v) is 22.6. The lowest BCUT2D eigenvalue weighted by molar-refractivity contribution is -0.141. The maximum Gasteiger partial charge on any atom is 0.242 e. The van der Waals surface area contributed by atoms with E-state index in [1.165, 1.54) is 24.1 Å². The summed E-state index contributed by atoms with van der Waals surface area (Å²) in [6, 6.07) is 11.2. The molecule has 2 aromatic carbocycles. The van der Waals surface area contributed by atoms with Crippen LogP contribution in [0.4, 0.5) is 5.69 Å². The Bertz CT molecular complexity index is 1140. The number of rotatable bonds is 12. The highest BCUT2D eigenvalue weighted by molar-refractivity contribution is 7.92. The van der Waals surface area contributed by atoms with Gasteiger partial charge in [-0.05, 0) is 48.7 Å². The van der Waals surface area contributed by atoms with Crippen LogP contribution in [0.25, 0.3) is 0 Å². The maximum atomic E-state index is 13.3. The fraction of sp³-hybridized carbons (Fsp3) is 0.417. The topological polar surface area (TPSA) is 96.0 Å². The summed E-state index contributed by atoms with van der Waals surface area (Å²) in [7, 11) is -0.600. The van der Waals surface area contributed by atoms with Gasteiger partial charge in [-0.3, -0.25) is 13.9 Å². The summed E-state index contributed by atoms with van der Waals surface area (Å²) in [5.74, 6) is 0.103. The lowest BCUT2D eigenvalue weighted by Crippen LogP contribution is -2.48. The van der Waals surface area contributed by atoms with Gasteiger partial charge in [-0.15, -0.1) is 0 Å². The first-order chi connectivity index (χ1) is 16.5. The van der Waals surface area contributed by atoms with Crippen LogP contribution in [0.5, 0.6) is 5.75 Å². The number of benzene rings is 2. The molecule has 2 rings (SSSR count). The van der Waals surface area contributed by atoms with Crippen LogP contribution < -0.4 is 14.4 Å². The van der Waals surface area contributed by atoms with Crippen molar-refractivity contribution < 1.29 is 22.7 Å². The van der Waals surface area contributed by atoms with E-state index in [1.54, 1.807) is 19.2 Å². The number of nitrogens with zero attached hydrogens (tertiary/aromatic N) is 2. The number of methoxy groups -OCH3 is 1. The van der Waals surface area contributed by atoms with Crippen LogP contribution in [0.3, 0.4) is 0 Å². The second-order valence-corrected chi connectivity index (χ2v) is 10.7. The van der Waals surface area contributed by atoms with Crippen LogP contribution in [-0.2, 0) is 26.2 Å². The fourth-order valence-electron chi connectivity index (χ4n) is 3.71. The second kappa shape index (κ2) is 13.0. The number of carbonyl (C=O) groups excluding carboxylic acids is 2. The van der Waals surface area contributed by atoms with E-state index in [4.69, 9.17) is 27.9 Å². The predicted molar refractivity (Wildman–Crippen MR) is 140 cm³/mol. The van der Waals surface area contributed by atoms with Crippen LogP contribution in [0.1, 0.15) is 31.7 Å². The summed E-state index contributed by atoms with van der Waals surface area (Å²) in [5, 5.41) is 3.19. The molecule has 0 spiro atoms. The molecule has 1 atom stereocenters. The highest BCUT2D eigenvalue weighted by atomic mass is 35.5. The fourth-order valence-corrected chi connectivity index (χ4v) is 5.12. The first kappa shape index (κ1) is 28.7. The first-order valence-electron chi connectivity index (χ1n) is 11.1. The molecule has 0 radical (unpaired) electrons. The molecule has 8 nitrogen and oxygen atoms in total. The van der Waals surface area contributed by atoms with E-state index in [0.717, 1.165) is 16.1 Å². The first-order valence-corrected chi connectivity index (χ1v) is 13.7. The molecule has 192 valence electrons. The minimum Gasteiger partial charge on any atom is -0.497 e. The van der Waals surface area contributed by atoms with E-state index in [0.29, 0.717) is 17.2 Å². The Kier molecular flexibility index (Phi) is 10.7. The molecular formula is C24H31Cl2N3O5S. The average molecular weight is 545 g/mol. The van der Waals surface area contributed by atoms with Gasteiger partial charge in [-0.25, -0.2) is 8.42 Å². The SMILES string of the molecule is CC[C@@H](C(=O)NC)N(Cc1cccc(OC)c1)C(=O)CCCN(c1cc(Cl)ccc1Cl)S(C)(=O)=O. The molecule has 0 unspecified atom stereocenters. The number of ether oxygens (including phenoxy) is 1. The summed E-state index contributed by atoms with van der Waals surface area (Å²) in [4.78, 5) is 27.4.